The van der Waals surface area contributed by atoms with Crippen LogP contribution in [0.5, 0.6) is 0 Å². The second-order valence-electron chi connectivity index (χ2n) is 6.62. The predicted octanol–water partition coefficient (Wildman–Crippen LogP) is 0.986. The van der Waals surface area contributed by atoms with Crippen molar-refractivity contribution in [3.8, 4) is 0 Å². The summed E-state index contributed by atoms with van der Waals surface area (Å²) in [7, 11) is 0. The highest BCUT2D eigenvalue weighted by atomic mass is 16.5. The van der Waals surface area contributed by atoms with Gasteiger partial charge in [-0.1, -0.05) is 18.2 Å². The average molecular weight is 329 g/mol. The quantitative estimate of drug-likeness (QED) is 0.907. The Kier molecular flexibility index (Phi) is 3.53. The number of benzene rings is 1. The molecule has 2 aliphatic heterocycles. The fourth-order valence-electron chi connectivity index (χ4n) is 3.87. The molecule has 24 heavy (non-hydrogen) atoms. The molecule has 0 spiro atoms. The second-order valence-corrected chi connectivity index (χ2v) is 6.62. The summed E-state index contributed by atoms with van der Waals surface area (Å²) in [5.74, 6) is -1.06. The molecule has 126 valence electrons. The Bertz CT molecular complexity index is 802. The number of aliphatic carboxylic acids is 1. The van der Waals surface area contributed by atoms with E-state index in [4.69, 9.17) is 4.74 Å². The van der Waals surface area contributed by atoms with E-state index in [-0.39, 0.29) is 24.9 Å². The minimum Gasteiger partial charge on any atom is -0.481 e. The van der Waals surface area contributed by atoms with Crippen LogP contribution in [0.15, 0.2) is 30.5 Å². The van der Waals surface area contributed by atoms with Gasteiger partial charge in [0.15, 0.2) is 0 Å². The third kappa shape index (κ3) is 2.27. The van der Waals surface area contributed by atoms with Crippen LogP contribution in [0, 0.1) is 11.3 Å². The van der Waals surface area contributed by atoms with Crippen LogP contribution in [-0.4, -0.2) is 58.0 Å². The average Bonchev–Trinajstić information content (AvgIpc) is 3.17. The van der Waals surface area contributed by atoms with Crippen molar-refractivity contribution in [2.24, 2.45) is 11.3 Å². The van der Waals surface area contributed by atoms with Crippen molar-refractivity contribution in [1.29, 1.82) is 0 Å². The fourth-order valence-corrected chi connectivity index (χ4v) is 3.87. The normalized spacial score (nSPS) is 26.5. The van der Waals surface area contributed by atoms with Gasteiger partial charge in [0.05, 0.1) is 23.7 Å². The first kappa shape index (κ1) is 15.1. The predicted molar refractivity (Wildman–Crippen MR) is 85.3 cm³/mol. The number of likely N-dealkylation sites (tertiary alicyclic amines) is 1. The number of amides is 1. The van der Waals surface area contributed by atoms with Crippen LogP contribution in [0.2, 0.25) is 0 Å². The number of para-hydroxylation sites is 1. The summed E-state index contributed by atoms with van der Waals surface area (Å²) in [6.07, 6.45) is 2.19. The Morgan fingerprint density at radius 1 is 1.38 bits per heavy atom. The lowest BCUT2D eigenvalue weighted by Gasteiger charge is -2.33. The maximum Gasteiger partial charge on any atom is 0.311 e. The highest BCUT2D eigenvalue weighted by Gasteiger charge is 2.54. The van der Waals surface area contributed by atoms with Gasteiger partial charge in [-0.15, -0.1) is 0 Å². The number of aromatic nitrogens is 2. The van der Waals surface area contributed by atoms with Crippen LogP contribution >= 0.6 is 0 Å². The number of nitrogens with zero attached hydrogens (tertiary/aromatic N) is 3. The van der Waals surface area contributed by atoms with E-state index in [2.05, 4.69) is 5.10 Å². The second kappa shape index (κ2) is 5.59. The van der Waals surface area contributed by atoms with Gasteiger partial charge in [0.2, 0.25) is 5.91 Å². The van der Waals surface area contributed by atoms with E-state index in [1.807, 2.05) is 24.3 Å². The minimum absolute atomic E-state index is 0.0983. The van der Waals surface area contributed by atoms with Crippen molar-refractivity contribution in [3.63, 3.8) is 0 Å². The van der Waals surface area contributed by atoms with Crippen LogP contribution in [0.4, 0.5) is 0 Å². The third-order valence-corrected chi connectivity index (χ3v) is 5.32. The van der Waals surface area contributed by atoms with Crippen LogP contribution < -0.4 is 0 Å². The molecule has 0 saturated carbocycles. The Balaban J connectivity index is 1.54. The van der Waals surface area contributed by atoms with Gasteiger partial charge in [-0.2, -0.15) is 5.10 Å². The zero-order valence-corrected chi connectivity index (χ0v) is 13.2. The molecule has 1 aromatic carbocycles. The number of hydrogen-bond acceptors (Lipinski definition) is 4. The summed E-state index contributed by atoms with van der Waals surface area (Å²) in [5, 5.41) is 14.9. The van der Waals surface area contributed by atoms with Gasteiger partial charge in [-0.3, -0.25) is 14.3 Å². The Morgan fingerprint density at radius 3 is 3.00 bits per heavy atom. The number of carboxylic acid groups (broad SMARTS) is 1. The van der Waals surface area contributed by atoms with Crippen LogP contribution in [0.3, 0.4) is 0 Å². The van der Waals surface area contributed by atoms with Crippen molar-refractivity contribution < 1.29 is 19.4 Å². The van der Waals surface area contributed by atoms with Crippen molar-refractivity contribution in [2.75, 3.05) is 26.3 Å². The largest absolute Gasteiger partial charge is 0.481 e. The van der Waals surface area contributed by atoms with Crippen LogP contribution in [-0.2, 0) is 20.9 Å². The Morgan fingerprint density at radius 2 is 2.21 bits per heavy atom. The minimum atomic E-state index is -0.861. The van der Waals surface area contributed by atoms with E-state index >= 15 is 0 Å². The van der Waals surface area contributed by atoms with Gasteiger partial charge < -0.3 is 14.7 Å². The van der Waals surface area contributed by atoms with Crippen molar-refractivity contribution in [2.45, 2.75) is 13.0 Å². The lowest BCUT2D eigenvalue weighted by molar-refractivity contribution is -0.157. The maximum atomic E-state index is 12.7. The molecule has 2 fully saturated rings. The molecule has 2 saturated heterocycles. The molecule has 1 amide bonds. The van der Waals surface area contributed by atoms with Gasteiger partial charge >= 0.3 is 5.97 Å². The van der Waals surface area contributed by atoms with Gasteiger partial charge in [0.25, 0.3) is 0 Å². The monoisotopic (exact) mass is 329 g/mol. The van der Waals surface area contributed by atoms with E-state index in [0.29, 0.717) is 26.2 Å². The summed E-state index contributed by atoms with van der Waals surface area (Å²) in [6.45, 7) is 1.66. The number of ether oxygens (including phenoxy) is 1. The summed E-state index contributed by atoms with van der Waals surface area (Å²) in [4.78, 5) is 26.2. The van der Waals surface area contributed by atoms with E-state index in [0.717, 1.165) is 10.9 Å². The lowest BCUT2D eigenvalue weighted by atomic mass is 9.74. The fraction of sp³-hybridized carbons (Fsp3) is 0.471. The summed E-state index contributed by atoms with van der Waals surface area (Å²) in [5.41, 5.74) is 0.0406. The number of carbonyl (C=O) groups excluding carboxylic acids is 1. The zero-order chi connectivity index (χ0) is 16.7. The molecule has 1 N–H and O–H groups in total. The van der Waals surface area contributed by atoms with Crippen molar-refractivity contribution in [1.82, 2.24) is 14.7 Å². The number of carboxylic acids is 1. The molecule has 0 aliphatic carbocycles. The third-order valence-electron chi connectivity index (χ3n) is 5.32. The molecule has 4 rings (SSSR count). The highest BCUT2D eigenvalue weighted by Crippen LogP contribution is 2.42. The van der Waals surface area contributed by atoms with E-state index < -0.39 is 11.4 Å². The number of rotatable bonds is 3. The zero-order valence-electron chi connectivity index (χ0n) is 13.2. The summed E-state index contributed by atoms with van der Waals surface area (Å²) in [6, 6.07) is 7.71. The molecule has 7 nitrogen and oxygen atoms in total. The first-order valence-electron chi connectivity index (χ1n) is 8.10. The molecule has 0 unspecified atom stereocenters. The molecule has 3 heterocycles. The topological polar surface area (TPSA) is 84.7 Å². The van der Waals surface area contributed by atoms with Crippen LogP contribution in [0.1, 0.15) is 6.42 Å². The lowest BCUT2D eigenvalue weighted by Crippen LogP contribution is -2.45. The Labute approximate surface area is 138 Å². The van der Waals surface area contributed by atoms with Crippen molar-refractivity contribution in [3.05, 3.63) is 30.5 Å². The first-order chi connectivity index (χ1) is 11.6. The molecule has 7 heteroatoms. The van der Waals surface area contributed by atoms with E-state index in [9.17, 15) is 14.7 Å². The van der Waals surface area contributed by atoms with E-state index in [1.54, 1.807) is 15.8 Å². The molecule has 0 radical (unpaired) electrons. The number of carbonyl (C=O) groups is 2. The van der Waals surface area contributed by atoms with Crippen LogP contribution in [0.25, 0.3) is 10.9 Å². The summed E-state index contributed by atoms with van der Waals surface area (Å²) >= 11 is 0. The number of hydrogen-bond donors (Lipinski definition) is 1. The molecule has 2 atom stereocenters. The molecular formula is C17H19N3O4. The smallest absolute Gasteiger partial charge is 0.311 e. The van der Waals surface area contributed by atoms with Crippen molar-refractivity contribution >= 4 is 22.8 Å². The van der Waals surface area contributed by atoms with Gasteiger partial charge in [0, 0.05) is 31.0 Å². The molecule has 2 aliphatic rings. The Hall–Kier alpha value is -2.41. The maximum absolute atomic E-state index is 12.7. The molecular weight excluding hydrogens is 310 g/mol. The molecule has 1 aromatic heterocycles. The SMILES string of the molecule is O=C(Cn1ncc2ccccc21)N1C[C@H]2COCC[C@@]2(C(=O)O)C1. The standard InChI is InChI=1S/C17H19N3O4/c21-15(9-20-14-4-2-1-3-12(14)7-18-20)19-8-13-10-24-6-5-17(13,11-19)16(22)23/h1-4,7,13H,5-6,8-11H2,(H,22,23)/t13-,17+/m0/s1. The molecule has 2 aromatic rings. The molecule has 0 bridgehead atoms. The van der Waals surface area contributed by atoms with E-state index in [1.165, 1.54) is 0 Å². The summed E-state index contributed by atoms with van der Waals surface area (Å²) < 4.78 is 7.10. The highest BCUT2D eigenvalue weighted by molar-refractivity contribution is 5.83. The van der Waals surface area contributed by atoms with Gasteiger partial charge in [0.1, 0.15) is 6.54 Å². The first-order valence-corrected chi connectivity index (χ1v) is 8.10. The number of fused-ring (bicyclic) bond motifs is 2. The van der Waals surface area contributed by atoms with Gasteiger partial charge in [-0.25, -0.2) is 0 Å². The van der Waals surface area contributed by atoms with Gasteiger partial charge in [-0.05, 0) is 12.5 Å².